The summed E-state index contributed by atoms with van der Waals surface area (Å²) >= 11 is 3.72. The van der Waals surface area contributed by atoms with Gasteiger partial charge in [-0.1, -0.05) is 18.2 Å². The Morgan fingerprint density at radius 3 is 2.90 bits per heavy atom. The Kier molecular flexibility index (Phi) is 5.02. The van der Waals surface area contributed by atoms with Crippen molar-refractivity contribution in [3.63, 3.8) is 0 Å². The van der Waals surface area contributed by atoms with Gasteiger partial charge >= 0.3 is 0 Å². The largest absolute Gasteiger partial charge is 0.340 e. The SMILES string of the molecule is Cc1cnc(Cl)nc1Nc1ccccc1CNS(=O)O. The number of benzene rings is 1. The topological polar surface area (TPSA) is 87.1 Å². The standard InChI is InChI=1S/C12H13ClN4O2S/c1-8-6-14-12(13)17-11(8)16-10-5-3-2-4-9(10)7-15-20(18)19/h2-6,15H,7H2,1H3,(H,18,19)(H,14,16,17). The van der Waals surface area contributed by atoms with Gasteiger partial charge in [-0.15, -0.1) is 0 Å². The van der Waals surface area contributed by atoms with Crippen LogP contribution in [0, 0.1) is 6.92 Å². The van der Waals surface area contributed by atoms with Crippen molar-refractivity contribution in [3.05, 3.63) is 46.9 Å². The van der Waals surface area contributed by atoms with Gasteiger partial charge in [0.1, 0.15) is 5.82 Å². The van der Waals surface area contributed by atoms with Crippen LogP contribution in [-0.4, -0.2) is 18.7 Å². The van der Waals surface area contributed by atoms with E-state index in [0.717, 1.165) is 16.8 Å². The first-order valence-corrected chi connectivity index (χ1v) is 7.23. The molecule has 0 fully saturated rings. The highest BCUT2D eigenvalue weighted by Crippen LogP contribution is 2.22. The molecular formula is C12H13ClN4O2S. The second-order valence-corrected chi connectivity index (χ2v) is 5.15. The van der Waals surface area contributed by atoms with Gasteiger partial charge in [0, 0.05) is 24.0 Å². The fourth-order valence-electron chi connectivity index (χ4n) is 1.61. The van der Waals surface area contributed by atoms with Crippen LogP contribution in [0.5, 0.6) is 0 Å². The van der Waals surface area contributed by atoms with Gasteiger partial charge in [0.05, 0.1) is 0 Å². The number of nitrogens with zero attached hydrogens (tertiary/aromatic N) is 2. The van der Waals surface area contributed by atoms with E-state index in [2.05, 4.69) is 20.0 Å². The van der Waals surface area contributed by atoms with Gasteiger partial charge < -0.3 is 5.32 Å². The summed E-state index contributed by atoms with van der Waals surface area (Å²) in [6.07, 6.45) is 1.63. The van der Waals surface area contributed by atoms with Gasteiger partial charge in [-0.3, -0.25) is 4.55 Å². The second kappa shape index (κ2) is 6.76. The van der Waals surface area contributed by atoms with Crippen LogP contribution in [0.4, 0.5) is 11.5 Å². The van der Waals surface area contributed by atoms with Crippen molar-refractivity contribution < 1.29 is 8.76 Å². The number of halogens is 1. The molecule has 0 amide bonds. The number of nitrogens with one attached hydrogen (secondary N) is 2. The lowest BCUT2D eigenvalue weighted by Crippen LogP contribution is -2.16. The van der Waals surface area contributed by atoms with Crippen molar-refractivity contribution in [3.8, 4) is 0 Å². The van der Waals surface area contributed by atoms with Gasteiger partial charge in [-0.05, 0) is 30.2 Å². The van der Waals surface area contributed by atoms with Gasteiger partial charge in [0.25, 0.3) is 0 Å². The number of aryl methyl sites for hydroxylation is 1. The number of aromatic nitrogens is 2. The molecule has 1 aromatic heterocycles. The molecule has 20 heavy (non-hydrogen) atoms. The lowest BCUT2D eigenvalue weighted by atomic mass is 10.1. The van der Waals surface area contributed by atoms with Crippen molar-refractivity contribution in [1.82, 2.24) is 14.7 Å². The van der Waals surface area contributed by atoms with Gasteiger partial charge in [0.15, 0.2) is 0 Å². The van der Waals surface area contributed by atoms with Crippen molar-refractivity contribution in [2.45, 2.75) is 13.5 Å². The van der Waals surface area contributed by atoms with E-state index >= 15 is 0 Å². The highest BCUT2D eigenvalue weighted by Gasteiger charge is 2.07. The molecule has 2 rings (SSSR count). The molecule has 1 unspecified atom stereocenters. The number of anilines is 2. The summed E-state index contributed by atoms with van der Waals surface area (Å²) in [5, 5.41) is 3.31. The average Bonchev–Trinajstić information content (AvgIpc) is 2.42. The average molecular weight is 313 g/mol. The van der Waals surface area contributed by atoms with Crippen LogP contribution in [0.1, 0.15) is 11.1 Å². The Bertz CT molecular complexity index is 639. The second-order valence-electron chi connectivity index (χ2n) is 4.02. The summed E-state index contributed by atoms with van der Waals surface area (Å²) in [4.78, 5) is 8.01. The van der Waals surface area contributed by atoms with Gasteiger partial charge in [0.2, 0.25) is 16.6 Å². The third-order valence-electron chi connectivity index (χ3n) is 2.60. The van der Waals surface area contributed by atoms with Crippen molar-refractivity contribution in [2.75, 3.05) is 5.32 Å². The van der Waals surface area contributed by atoms with E-state index in [1.165, 1.54) is 0 Å². The van der Waals surface area contributed by atoms with Crippen molar-refractivity contribution in [2.24, 2.45) is 0 Å². The maximum Gasteiger partial charge on any atom is 0.232 e. The normalized spacial score (nSPS) is 12.2. The van der Waals surface area contributed by atoms with E-state index in [9.17, 15) is 4.21 Å². The minimum absolute atomic E-state index is 0.158. The molecule has 3 N–H and O–H groups in total. The van der Waals surface area contributed by atoms with Crippen LogP contribution < -0.4 is 10.0 Å². The third-order valence-corrected chi connectivity index (χ3v) is 3.17. The predicted molar refractivity (Wildman–Crippen MR) is 79.1 cm³/mol. The number of rotatable bonds is 5. The van der Waals surface area contributed by atoms with Crippen LogP contribution in [-0.2, 0) is 17.8 Å². The van der Waals surface area contributed by atoms with E-state index in [-0.39, 0.29) is 11.8 Å². The first-order chi connectivity index (χ1) is 9.56. The lowest BCUT2D eigenvalue weighted by Gasteiger charge is -2.12. The molecule has 0 aliphatic rings. The Morgan fingerprint density at radius 2 is 2.15 bits per heavy atom. The van der Waals surface area contributed by atoms with Crippen molar-refractivity contribution in [1.29, 1.82) is 0 Å². The zero-order chi connectivity index (χ0) is 14.5. The fourth-order valence-corrected chi connectivity index (χ4v) is 2.02. The molecule has 8 heteroatoms. The molecule has 0 aliphatic heterocycles. The van der Waals surface area contributed by atoms with Gasteiger partial charge in [-0.2, -0.15) is 0 Å². The predicted octanol–water partition coefficient (Wildman–Crippen LogP) is 2.41. The molecule has 2 aromatic rings. The van der Waals surface area contributed by atoms with E-state index in [4.69, 9.17) is 16.2 Å². The van der Waals surface area contributed by atoms with E-state index < -0.39 is 11.3 Å². The summed E-state index contributed by atoms with van der Waals surface area (Å²) < 4.78 is 21.9. The molecule has 1 aromatic carbocycles. The monoisotopic (exact) mass is 312 g/mol. The first kappa shape index (κ1) is 14.9. The van der Waals surface area contributed by atoms with Crippen LogP contribution >= 0.6 is 11.6 Å². The minimum Gasteiger partial charge on any atom is -0.340 e. The molecule has 0 saturated carbocycles. The lowest BCUT2D eigenvalue weighted by molar-refractivity contribution is 0.549. The Labute approximate surface area is 124 Å². The minimum atomic E-state index is -2.05. The third kappa shape index (κ3) is 3.97. The molecule has 1 heterocycles. The summed E-state index contributed by atoms with van der Waals surface area (Å²) in [5.41, 5.74) is 2.47. The summed E-state index contributed by atoms with van der Waals surface area (Å²) in [7, 11) is 0. The molecule has 0 saturated heterocycles. The van der Waals surface area contributed by atoms with E-state index in [1.807, 2.05) is 31.2 Å². The van der Waals surface area contributed by atoms with Crippen LogP contribution in [0.15, 0.2) is 30.5 Å². The molecule has 0 radical (unpaired) electrons. The Morgan fingerprint density at radius 1 is 1.40 bits per heavy atom. The first-order valence-electron chi connectivity index (χ1n) is 5.74. The molecule has 0 aliphatic carbocycles. The maximum atomic E-state index is 10.7. The summed E-state index contributed by atoms with van der Waals surface area (Å²) in [6.45, 7) is 2.12. The smallest absolute Gasteiger partial charge is 0.232 e. The van der Waals surface area contributed by atoms with Gasteiger partial charge in [-0.25, -0.2) is 18.9 Å². The number of para-hydroxylation sites is 1. The maximum absolute atomic E-state index is 10.7. The quantitative estimate of drug-likeness (QED) is 0.583. The fraction of sp³-hybridized carbons (Fsp3) is 0.167. The Hall–Kier alpha value is -1.54. The van der Waals surface area contributed by atoms with Crippen LogP contribution in [0.3, 0.4) is 0 Å². The summed E-state index contributed by atoms with van der Waals surface area (Å²) in [5.74, 6) is 0.600. The molecular weight excluding hydrogens is 300 g/mol. The zero-order valence-corrected chi connectivity index (χ0v) is 12.2. The van der Waals surface area contributed by atoms with E-state index in [1.54, 1.807) is 6.20 Å². The molecule has 106 valence electrons. The highest BCUT2D eigenvalue weighted by molar-refractivity contribution is 7.77. The summed E-state index contributed by atoms with van der Waals surface area (Å²) in [6, 6.07) is 7.41. The molecule has 0 bridgehead atoms. The molecule has 1 atom stereocenters. The van der Waals surface area contributed by atoms with Crippen LogP contribution in [0.25, 0.3) is 0 Å². The van der Waals surface area contributed by atoms with E-state index in [0.29, 0.717) is 5.82 Å². The molecule has 6 nitrogen and oxygen atoms in total. The highest BCUT2D eigenvalue weighted by atomic mass is 35.5. The number of hydrogen-bond donors (Lipinski definition) is 3. The zero-order valence-electron chi connectivity index (χ0n) is 10.6. The molecule has 0 spiro atoms. The number of hydrogen-bond acceptors (Lipinski definition) is 4. The van der Waals surface area contributed by atoms with Crippen LogP contribution in [0.2, 0.25) is 5.28 Å². The van der Waals surface area contributed by atoms with Crippen molar-refractivity contribution >= 4 is 34.4 Å². The Balaban J connectivity index is 2.24.